The van der Waals surface area contributed by atoms with E-state index in [0.29, 0.717) is 0 Å². The first-order valence-electron chi connectivity index (χ1n) is 5.46. The van der Waals surface area contributed by atoms with Crippen molar-refractivity contribution in [2.45, 2.75) is 19.4 Å². The van der Waals surface area contributed by atoms with Crippen LogP contribution >= 0.6 is 0 Å². The molecule has 1 atom stereocenters. The van der Waals surface area contributed by atoms with Gasteiger partial charge in [0.1, 0.15) is 11.3 Å². The second kappa shape index (κ2) is 4.87. The number of furan rings is 1. The van der Waals surface area contributed by atoms with Crippen molar-refractivity contribution in [1.29, 1.82) is 0 Å². The average molecular weight is 213 g/mol. The van der Waals surface area contributed by atoms with Crippen molar-refractivity contribution in [2.75, 3.05) is 6.54 Å². The van der Waals surface area contributed by atoms with Crippen molar-refractivity contribution in [3.8, 4) is 12.3 Å². The fourth-order valence-corrected chi connectivity index (χ4v) is 1.68. The molecule has 0 aliphatic rings. The van der Waals surface area contributed by atoms with Gasteiger partial charge in [-0.25, -0.2) is 0 Å². The summed E-state index contributed by atoms with van der Waals surface area (Å²) in [5.41, 5.74) is 0.933. The van der Waals surface area contributed by atoms with Crippen LogP contribution in [-0.4, -0.2) is 6.54 Å². The van der Waals surface area contributed by atoms with Crippen molar-refractivity contribution >= 4 is 11.0 Å². The zero-order valence-corrected chi connectivity index (χ0v) is 9.36. The van der Waals surface area contributed by atoms with Gasteiger partial charge in [0.05, 0.1) is 6.04 Å². The molecule has 0 fully saturated rings. The van der Waals surface area contributed by atoms with Crippen molar-refractivity contribution in [2.24, 2.45) is 0 Å². The summed E-state index contributed by atoms with van der Waals surface area (Å²) in [5, 5.41) is 4.47. The number of terminal acetylenes is 1. The molecule has 1 unspecified atom stereocenters. The van der Waals surface area contributed by atoms with Gasteiger partial charge in [-0.1, -0.05) is 18.2 Å². The molecule has 0 bridgehead atoms. The Balaban J connectivity index is 2.11. The van der Waals surface area contributed by atoms with Gasteiger partial charge in [-0.2, -0.15) is 0 Å². The lowest BCUT2D eigenvalue weighted by Gasteiger charge is -2.08. The van der Waals surface area contributed by atoms with E-state index < -0.39 is 0 Å². The molecule has 0 radical (unpaired) electrons. The number of rotatable bonds is 4. The highest BCUT2D eigenvalue weighted by Gasteiger charge is 2.09. The summed E-state index contributed by atoms with van der Waals surface area (Å²) in [6.07, 6.45) is 5.94. The van der Waals surface area contributed by atoms with Gasteiger partial charge in [0, 0.05) is 18.4 Å². The van der Waals surface area contributed by atoms with Crippen molar-refractivity contribution in [3.63, 3.8) is 0 Å². The molecule has 1 aromatic carbocycles. The van der Waals surface area contributed by atoms with Crippen LogP contribution in [0.3, 0.4) is 0 Å². The van der Waals surface area contributed by atoms with Crippen LogP contribution in [0.25, 0.3) is 11.0 Å². The number of hydrogen-bond donors (Lipinski definition) is 1. The molecule has 0 saturated carbocycles. The molecule has 16 heavy (non-hydrogen) atoms. The Bertz CT molecular complexity index is 474. The third kappa shape index (κ3) is 2.26. The van der Waals surface area contributed by atoms with Crippen molar-refractivity contribution < 1.29 is 4.42 Å². The first kappa shape index (κ1) is 10.8. The molecule has 2 nitrogen and oxygen atoms in total. The predicted octanol–water partition coefficient (Wildman–Crippen LogP) is 3.11. The van der Waals surface area contributed by atoms with Gasteiger partial charge in [0.15, 0.2) is 0 Å². The number of benzene rings is 1. The van der Waals surface area contributed by atoms with E-state index in [0.717, 1.165) is 29.7 Å². The number of fused-ring (bicyclic) bond motifs is 1. The Morgan fingerprint density at radius 2 is 2.25 bits per heavy atom. The van der Waals surface area contributed by atoms with Gasteiger partial charge >= 0.3 is 0 Å². The summed E-state index contributed by atoms with van der Waals surface area (Å²) in [7, 11) is 0. The molecular formula is C14H15NO. The lowest BCUT2D eigenvalue weighted by atomic mass is 10.2. The Morgan fingerprint density at radius 1 is 1.44 bits per heavy atom. The number of hydrogen-bond acceptors (Lipinski definition) is 2. The highest BCUT2D eigenvalue weighted by molar-refractivity contribution is 5.77. The lowest BCUT2D eigenvalue weighted by molar-refractivity contribution is 0.455. The fourth-order valence-electron chi connectivity index (χ4n) is 1.68. The van der Waals surface area contributed by atoms with E-state index in [1.807, 2.05) is 18.2 Å². The molecule has 0 amide bonds. The second-order valence-electron chi connectivity index (χ2n) is 3.82. The second-order valence-corrected chi connectivity index (χ2v) is 3.82. The van der Waals surface area contributed by atoms with Crippen molar-refractivity contribution in [1.82, 2.24) is 5.32 Å². The van der Waals surface area contributed by atoms with E-state index in [4.69, 9.17) is 10.8 Å². The summed E-state index contributed by atoms with van der Waals surface area (Å²) in [6.45, 7) is 2.89. The lowest BCUT2D eigenvalue weighted by Crippen LogP contribution is -2.18. The van der Waals surface area contributed by atoms with E-state index in [-0.39, 0.29) is 6.04 Å². The van der Waals surface area contributed by atoms with E-state index in [1.54, 1.807) is 0 Å². The molecule has 0 aliphatic carbocycles. The maximum Gasteiger partial charge on any atom is 0.134 e. The largest absolute Gasteiger partial charge is 0.459 e. The maximum atomic E-state index is 5.75. The van der Waals surface area contributed by atoms with Crippen LogP contribution in [0.1, 0.15) is 25.1 Å². The Morgan fingerprint density at radius 3 is 3.00 bits per heavy atom. The van der Waals surface area contributed by atoms with Crippen LogP contribution in [0.5, 0.6) is 0 Å². The first-order chi connectivity index (χ1) is 7.81. The topological polar surface area (TPSA) is 25.2 Å². The Labute approximate surface area is 95.6 Å². The normalized spacial score (nSPS) is 12.5. The quantitative estimate of drug-likeness (QED) is 0.623. The number of para-hydroxylation sites is 1. The molecule has 2 rings (SSSR count). The summed E-state index contributed by atoms with van der Waals surface area (Å²) in [4.78, 5) is 0. The minimum absolute atomic E-state index is 0.195. The highest BCUT2D eigenvalue weighted by Crippen LogP contribution is 2.23. The van der Waals surface area contributed by atoms with Crippen LogP contribution in [0.4, 0.5) is 0 Å². The van der Waals surface area contributed by atoms with Crippen LogP contribution in [0.15, 0.2) is 34.7 Å². The minimum Gasteiger partial charge on any atom is -0.459 e. The summed E-state index contributed by atoms with van der Waals surface area (Å²) >= 11 is 0. The standard InChI is InChI=1S/C14H15NO/c1-3-4-9-15-11(2)14-10-12-7-5-6-8-13(12)16-14/h1,5-8,10-11,15H,4,9H2,2H3. The van der Waals surface area contributed by atoms with Gasteiger partial charge < -0.3 is 9.73 Å². The summed E-state index contributed by atoms with van der Waals surface area (Å²) in [6, 6.07) is 10.3. The number of nitrogens with one attached hydrogen (secondary N) is 1. The van der Waals surface area contributed by atoms with E-state index in [1.165, 1.54) is 0 Å². The van der Waals surface area contributed by atoms with Crippen molar-refractivity contribution in [3.05, 3.63) is 36.1 Å². The van der Waals surface area contributed by atoms with Gasteiger partial charge in [-0.15, -0.1) is 12.3 Å². The van der Waals surface area contributed by atoms with Gasteiger partial charge in [0.25, 0.3) is 0 Å². The van der Waals surface area contributed by atoms with Crippen LogP contribution in [0, 0.1) is 12.3 Å². The molecule has 0 saturated heterocycles. The van der Waals surface area contributed by atoms with E-state index in [2.05, 4.69) is 30.3 Å². The SMILES string of the molecule is C#CCCNC(C)c1cc2ccccc2o1. The van der Waals surface area contributed by atoms with Crippen LogP contribution < -0.4 is 5.32 Å². The monoisotopic (exact) mass is 213 g/mol. The summed E-state index contributed by atoms with van der Waals surface area (Å²) < 4.78 is 5.75. The summed E-state index contributed by atoms with van der Waals surface area (Å²) in [5.74, 6) is 3.56. The molecule has 1 N–H and O–H groups in total. The third-order valence-electron chi connectivity index (χ3n) is 2.59. The minimum atomic E-state index is 0.195. The van der Waals surface area contributed by atoms with Crippen LogP contribution in [-0.2, 0) is 0 Å². The van der Waals surface area contributed by atoms with Gasteiger partial charge in [-0.3, -0.25) is 0 Å². The molecule has 82 valence electrons. The Hall–Kier alpha value is -1.72. The van der Waals surface area contributed by atoms with Gasteiger partial charge in [0.2, 0.25) is 0 Å². The molecular weight excluding hydrogens is 198 g/mol. The fraction of sp³-hybridized carbons (Fsp3) is 0.286. The molecule has 2 heteroatoms. The highest BCUT2D eigenvalue weighted by atomic mass is 16.3. The zero-order chi connectivity index (χ0) is 11.4. The molecule has 0 aliphatic heterocycles. The predicted molar refractivity (Wildman–Crippen MR) is 66.1 cm³/mol. The van der Waals surface area contributed by atoms with E-state index in [9.17, 15) is 0 Å². The maximum absolute atomic E-state index is 5.75. The van der Waals surface area contributed by atoms with Crippen LogP contribution in [0.2, 0.25) is 0 Å². The smallest absolute Gasteiger partial charge is 0.134 e. The van der Waals surface area contributed by atoms with E-state index >= 15 is 0 Å². The van der Waals surface area contributed by atoms with Gasteiger partial charge in [-0.05, 0) is 19.1 Å². The molecule has 0 spiro atoms. The first-order valence-corrected chi connectivity index (χ1v) is 5.46. The Kier molecular flexibility index (Phi) is 3.28. The molecule has 1 heterocycles. The molecule has 2 aromatic rings. The third-order valence-corrected chi connectivity index (χ3v) is 2.59. The molecule has 1 aromatic heterocycles. The zero-order valence-electron chi connectivity index (χ0n) is 9.36. The average Bonchev–Trinajstić information content (AvgIpc) is 2.73.